The van der Waals surface area contributed by atoms with E-state index in [0.29, 0.717) is 19.5 Å². The largest absolute Gasteiger partial charge is 1.00 e. The second-order valence-electron chi connectivity index (χ2n) is 6.39. The van der Waals surface area contributed by atoms with Crippen molar-refractivity contribution in [2.24, 2.45) is 0 Å². The number of carbonyl (C=O) groups is 3. The zero-order chi connectivity index (χ0) is 19.1. The van der Waals surface area contributed by atoms with E-state index in [2.05, 4.69) is 12.2 Å². The van der Waals surface area contributed by atoms with Crippen LogP contribution in [0.5, 0.6) is 0 Å². The van der Waals surface area contributed by atoms with Crippen molar-refractivity contribution in [3.63, 3.8) is 0 Å². The Hall–Kier alpha value is -0.0336. The van der Waals surface area contributed by atoms with E-state index in [1.54, 1.807) is 0 Å². The monoisotopic (exact) mass is 399 g/mol. The van der Waals surface area contributed by atoms with Crippen LogP contribution in [-0.4, -0.2) is 71.9 Å². The quantitative estimate of drug-likeness (QED) is 0.140. The van der Waals surface area contributed by atoms with E-state index in [4.69, 9.17) is 5.11 Å². The number of aliphatic hydroxyl groups excluding tert-OH is 1. The van der Waals surface area contributed by atoms with Crippen LogP contribution in [0.15, 0.2) is 0 Å². The Morgan fingerprint density at radius 2 is 1.62 bits per heavy atom. The van der Waals surface area contributed by atoms with Gasteiger partial charge in [0.2, 0.25) is 5.91 Å². The molecular formula is C17H32KN2O6+. The minimum Gasteiger partial charge on any atom is -0.550 e. The molecule has 0 aliphatic carbocycles. The van der Waals surface area contributed by atoms with Crippen molar-refractivity contribution in [3.8, 4) is 0 Å². The minimum absolute atomic E-state index is 0. The molecule has 0 heterocycles. The van der Waals surface area contributed by atoms with E-state index >= 15 is 0 Å². The van der Waals surface area contributed by atoms with E-state index in [0.717, 1.165) is 25.7 Å². The van der Waals surface area contributed by atoms with E-state index in [-0.39, 0.29) is 101 Å². The zero-order valence-corrected chi connectivity index (χ0v) is 19.3. The van der Waals surface area contributed by atoms with Crippen LogP contribution in [0.1, 0.15) is 51.9 Å². The first-order chi connectivity index (χ1) is 11.8. The maximum Gasteiger partial charge on any atom is 1.00 e. The van der Waals surface area contributed by atoms with Crippen LogP contribution in [0.4, 0.5) is 0 Å². The topological polar surface area (TPSA) is 127 Å². The number of hydrogen-bond donors (Lipinski definition) is 3. The van der Waals surface area contributed by atoms with Crippen molar-refractivity contribution in [2.45, 2.75) is 51.9 Å². The Morgan fingerprint density at radius 1 is 0.962 bits per heavy atom. The number of carboxylic acid groups (broad SMARTS) is 2. The van der Waals surface area contributed by atoms with Gasteiger partial charge >= 0.3 is 57.4 Å². The van der Waals surface area contributed by atoms with Crippen LogP contribution in [0.2, 0.25) is 0 Å². The summed E-state index contributed by atoms with van der Waals surface area (Å²) >= 11 is 0. The molecule has 0 spiro atoms. The number of nitrogens with one attached hydrogen (secondary N) is 1. The van der Waals surface area contributed by atoms with Gasteiger partial charge in [0.1, 0.15) is 6.54 Å². The smallest absolute Gasteiger partial charge is 0.550 e. The third kappa shape index (κ3) is 15.1. The van der Waals surface area contributed by atoms with Crippen LogP contribution in [-0.2, 0) is 14.4 Å². The van der Waals surface area contributed by atoms with Gasteiger partial charge in [0.05, 0.1) is 39.2 Å². The first-order valence-electron chi connectivity index (χ1n) is 8.99. The molecule has 0 aliphatic rings. The molecule has 0 radical (unpaired) electrons. The fourth-order valence-electron chi connectivity index (χ4n) is 2.78. The van der Waals surface area contributed by atoms with Gasteiger partial charge in [-0.05, 0) is 6.42 Å². The zero-order valence-electron chi connectivity index (χ0n) is 16.2. The first-order valence-corrected chi connectivity index (χ1v) is 8.99. The van der Waals surface area contributed by atoms with Crippen LogP contribution in [0.25, 0.3) is 0 Å². The molecule has 9 heteroatoms. The molecule has 0 saturated heterocycles. The van der Waals surface area contributed by atoms with Crippen molar-refractivity contribution in [1.29, 1.82) is 0 Å². The second-order valence-corrected chi connectivity index (χ2v) is 6.39. The van der Waals surface area contributed by atoms with Gasteiger partial charge in [-0.1, -0.05) is 26.2 Å². The summed E-state index contributed by atoms with van der Waals surface area (Å²) in [5, 5.41) is 31.8. The van der Waals surface area contributed by atoms with Gasteiger partial charge in [-0.2, -0.15) is 0 Å². The number of rotatable bonds is 16. The maximum atomic E-state index is 11.8. The Bertz CT molecular complexity index is 402. The maximum absolute atomic E-state index is 11.8. The van der Waals surface area contributed by atoms with E-state index in [1.165, 1.54) is 0 Å². The summed E-state index contributed by atoms with van der Waals surface area (Å²) in [4.78, 5) is 33.5. The second kappa shape index (κ2) is 17.1. The summed E-state index contributed by atoms with van der Waals surface area (Å²) in [6, 6.07) is 0. The summed E-state index contributed by atoms with van der Waals surface area (Å²) in [6.45, 7) is 3.23. The number of amides is 1. The molecule has 26 heavy (non-hydrogen) atoms. The predicted molar refractivity (Wildman–Crippen MR) is 90.5 cm³/mol. The average molecular weight is 400 g/mol. The van der Waals surface area contributed by atoms with Crippen molar-refractivity contribution >= 4 is 17.8 Å². The van der Waals surface area contributed by atoms with Crippen LogP contribution < -0.4 is 61.8 Å². The fraction of sp³-hybridized carbons (Fsp3) is 0.824. The molecule has 0 aromatic rings. The molecule has 3 N–H and O–H groups in total. The molecule has 0 aliphatic heterocycles. The summed E-state index contributed by atoms with van der Waals surface area (Å²) in [6.07, 6.45) is 4.16. The van der Waals surface area contributed by atoms with Crippen molar-refractivity contribution < 1.29 is 85.6 Å². The number of aliphatic carboxylic acids is 2. The van der Waals surface area contributed by atoms with Crippen LogP contribution in [0.3, 0.4) is 0 Å². The molecule has 8 nitrogen and oxygen atoms in total. The number of carbonyl (C=O) groups excluding carboxylic acids is 2. The molecular weight excluding hydrogens is 367 g/mol. The fourth-order valence-corrected chi connectivity index (χ4v) is 2.78. The summed E-state index contributed by atoms with van der Waals surface area (Å²) < 4.78 is 0.132. The van der Waals surface area contributed by atoms with E-state index < -0.39 is 11.9 Å². The van der Waals surface area contributed by atoms with Gasteiger partial charge in [0.15, 0.2) is 0 Å². The molecule has 0 fully saturated rings. The van der Waals surface area contributed by atoms with Gasteiger partial charge in [-0.3, -0.25) is 9.59 Å². The van der Waals surface area contributed by atoms with Crippen LogP contribution in [0, 0.1) is 0 Å². The van der Waals surface area contributed by atoms with E-state index in [9.17, 15) is 24.6 Å². The third-order valence-corrected chi connectivity index (χ3v) is 4.33. The van der Waals surface area contributed by atoms with Gasteiger partial charge in [0, 0.05) is 18.8 Å². The van der Waals surface area contributed by atoms with Crippen molar-refractivity contribution in [1.82, 2.24) is 5.32 Å². The molecule has 1 atom stereocenters. The average Bonchev–Trinajstić information content (AvgIpc) is 2.55. The van der Waals surface area contributed by atoms with Crippen molar-refractivity contribution in [3.05, 3.63) is 0 Å². The molecule has 1 amide bonds. The first kappa shape index (κ1) is 28.2. The summed E-state index contributed by atoms with van der Waals surface area (Å²) in [5.41, 5.74) is 0. The molecule has 0 aromatic carbocycles. The SMILES string of the molecule is CCCCCCC(=O)NCC[N+](CCO)(CCC(=O)[O-])CCC(=O)O.[K+]. The minimum atomic E-state index is -1.21. The number of carboxylic acids is 2. The third-order valence-electron chi connectivity index (χ3n) is 4.33. The Labute approximate surface area is 198 Å². The molecule has 0 saturated carbocycles. The van der Waals surface area contributed by atoms with Crippen molar-refractivity contribution in [2.75, 3.05) is 39.3 Å². The molecule has 0 rings (SSSR count). The molecule has 1 unspecified atom stereocenters. The Balaban J connectivity index is 0. The van der Waals surface area contributed by atoms with Gasteiger partial charge in [-0.25, -0.2) is 0 Å². The standard InChI is InChI=1S/C17H32N2O6.K/c1-2-3-4-5-6-15(21)18-9-12-19(13-14-20,10-7-16(22)23)11-8-17(24)25;/h20H,2-14H2,1H3,(H2-,18,21,22,23,24,25);/q;+1. The van der Waals surface area contributed by atoms with Gasteiger partial charge < -0.3 is 29.9 Å². The summed E-state index contributed by atoms with van der Waals surface area (Å²) in [5.74, 6) is -2.25. The number of unbranched alkanes of at least 4 members (excludes halogenated alkanes) is 3. The number of nitrogens with zero attached hydrogens (tertiary/aromatic N) is 1. The van der Waals surface area contributed by atoms with Crippen LogP contribution >= 0.6 is 0 Å². The Kier molecular flexibility index (Phi) is 18.5. The van der Waals surface area contributed by atoms with E-state index in [1.807, 2.05) is 0 Å². The number of quaternary nitrogens is 1. The number of hydrogen-bond acceptors (Lipinski definition) is 5. The predicted octanol–water partition coefficient (Wildman–Crippen LogP) is -3.50. The Morgan fingerprint density at radius 3 is 2.15 bits per heavy atom. The van der Waals surface area contributed by atoms with Gasteiger partial charge in [-0.15, -0.1) is 0 Å². The number of aliphatic hydroxyl groups is 1. The summed E-state index contributed by atoms with van der Waals surface area (Å²) in [7, 11) is 0. The normalized spacial score (nSPS) is 12.7. The van der Waals surface area contributed by atoms with Gasteiger partial charge in [0.25, 0.3) is 0 Å². The molecule has 0 aromatic heterocycles. The molecule has 0 bridgehead atoms. The molecule has 146 valence electrons.